The number of anilines is 3. The molecule has 0 N–H and O–H groups in total. The van der Waals surface area contributed by atoms with E-state index in [1.54, 1.807) is 4.90 Å². The normalized spacial score (nSPS) is 13.7. The van der Waals surface area contributed by atoms with Crippen molar-refractivity contribution < 1.29 is 4.79 Å². The van der Waals surface area contributed by atoms with Crippen molar-refractivity contribution in [2.45, 2.75) is 19.8 Å². The lowest BCUT2D eigenvalue weighted by atomic mass is 10.1. The molecule has 0 aliphatic carbocycles. The molecule has 1 amide bonds. The van der Waals surface area contributed by atoms with Crippen LogP contribution in [-0.4, -0.2) is 19.5 Å². The van der Waals surface area contributed by atoms with Gasteiger partial charge < -0.3 is 9.80 Å². The lowest BCUT2D eigenvalue weighted by molar-refractivity contribution is 0.0994. The van der Waals surface area contributed by atoms with Crippen LogP contribution in [0.4, 0.5) is 17.1 Å². The van der Waals surface area contributed by atoms with Gasteiger partial charge in [-0.05, 0) is 30.7 Å². The van der Waals surface area contributed by atoms with Gasteiger partial charge in [-0.25, -0.2) is 0 Å². The molecule has 0 aromatic heterocycles. The van der Waals surface area contributed by atoms with Crippen LogP contribution in [0.5, 0.6) is 0 Å². The zero-order valence-corrected chi connectivity index (χ0v) is 12.5. The molecule has 0 radical (unpaired) electrons. The highest BCUT2D eigenvalue weighted by Crippen LogP contribution is 2.39. The Hall–Kier alpha value is -2.29. The van der Waals surface area contributed by atoms with Crippen LogP contribution in [0.3, 0.4) is 0 Å². The molecule has 0 fully saturated rings. The van der Waals surface area contributed by atoms with E-state index in [0.29, 0.717) is 0 Å². The lowest BCUT2D eigenvalue weighted by Gasteiger charge is -2.26. The first-order chi connectivity index (χ1) is 10.2. The molecule has 0 saturated carbocycles. The summed E-state index contributed by atoms with van der Waals surface area (Å²) in [5.74, 6) is 0.0528. The largest absolute Gasteiger partial charge is 0.339 e. The fourth-order valence-corrected chi connectivity index (χ4v) is 2.84. The summed E-state index contributed by atoms with van der Waals surface area (Å²) in [4.78, 5) is 16.7. The molecule has 0 saturated heterocycles. The van der Waals surface area contributed by atoms with E-state index in [2.05, 4.69) is 17.9 Å². The Kier molecular flexibility index (Phi) is 3.65. The third-order valence-electron chi connectivity index (χ3n) is 4.00. The van der Waals surface area contributed by atoms with Gasteiger partial charge in [-0.1, -0.05) is 37.6 Å². The smallest absolute Gasteiger partial charge is 0.260 e. The highest BCUT2D eigenvalue weighted by atomic mass is 16.2. The van der Waals surface area contributed by atoms with Crippen molar-refractivity contribution in [3.63, 3.8) is 0 Å². The standard InChI is InChI=1S/C18H20N2O/c1-3-4-13-20-15-10-6-5-9-14(15)18(21)19(2)16-11-7-8-12-17(16)20/h5-12H,3-4,13H2,1-2H3. The average molecular weight is 280 g/mol. The molecular weight excluding hydrogens is 260 g/mol. The minimum atomic E-state index is 0.0528. The van der Waals surface area contributed by atoms with Crippen molar-refractivity contribution in [1.29, 1.82) is 0 Å². The predicted octanol–water partition coefficient (Wildman–Crippen LogP) is 4.21. The van der Waals surface area contributed by atoms with E-state index in [1.807, 2.05) is 49.5 Å². The first kappa shape index (κ1) is 13.7. The summed E-state index contributed by atoms with van der Waals surface area (Å²) in [5, 5.41) is 0. The maximum absolute atomic E-state index is 12.7. The second-order valence-electron chi connectivity index (χ2n) is 5.38. The average Bonchev–Trinajstić information content (AvgIpc) is 2.62. The van der Waals surface area contributed by atoms with E-state index in [4.69, 9.17) is 0 Å². The van der Waals surface area contributed by atoms with Crippen LogP contribution in [0, 0.1) is 0 Å². The molecule has 21 heavy (non-hydrogen) atoms. The number of carbonyl (C=O) groups excluding carboxylic acids is 1. The van der Waals surface area contributed by atoms with Crippen LogP contribution in [0.25, 0.3) is 0 Å². The third kappa shape index (κ3) is 2.29. The van der Waals surface area contributed by atoms with E-state index < -0.39 is 0 Å². The number of hydrogen-bond acceptors (Lipinski definition) is 2. The number of para-hydroxylation sites is 3. The molecule has 2 aromatic rings. The summed E-state index contributed by atoms with van der Waals surface area (Å²) in [5.41, 5.74) is 3.85. The Balaban J connectivity index is 2.21. The van der Waals surface area contributed by atoms with Crippen molar-refractivity contribution in [2.24, 2.45) is 0 Å². The van der Waals surface area contributed by atoms with Gasteiger partial charge in [0.15, 0.2) is 0 Å². The minimum absolute atomic E-state index is 0.0528. The number of benzene rings is 2. The Morgan fingerprint density at radius 1 is 0.905 bits per heavy atom. The maximum Gasteiger partial charge on any atom is 0.260 e. The Bertz CT molecular complexity index is 666. The van der Waals surface area contributed by atoms with Gasteiger partial charge in [0.25, 0.3) is 5.91 Å². The highest BCUT2D eigenvalue weighted by molar-refractivity contribution is 6.13. The van der Waals surface area contributed by atoms with Gasteiger partial charge in [0.05, 0.1) is 22.6 Å². The fraction of sp³-hybridized carbons (Fsp3) is 0.278. The molecule has 1 aliphatic heterocycles. The molecule has 108 valence electrons. The third-order valence-corrected chi connectivity index (χ3v) is 4.00. The van der Waals surface area contributed by atoms with E-state index in [0.717, 1.165) is 42.0 Å². The van der Waals surface area contributed by atoms with Crippen LogP contribution in [0.2, 0.25) is 0 Å². The molecular formula is C18H20N2O. The molecule has 3 heteroatoms. The summed E-state index contributed by atoms with van der Waals surface area (Å²) >= 11 is 0. The summed E-state index contributed by atoms with van der Waals surface area (Å²) in [6, 6.07) is 16.0. The second-order valence-corrected chi connectivity index (χ2v) is 5.38. The highest BCUT2D eigenvalue weighted by Gasteiger charge is 2.27. The molecule has 0 bridgehead atoms. The number of fused-ring (bicyclic) bond motifs is 2. The van der Waals surface area contributed by atoms with Gasteiger partial charge in [0, 0.05) is 13.6 Å². The van der Waals surface area contributed by atoms with Crippen molar-refractivity contribution in [3.05, 3.63) is 54.1 Å². The van der Waals surface area contributed by atoms with Gasteiger partial charge in [0.1, 0.15) is 0 Å². The van der Waals surface area contributed by atoms with Gasteiger partial charge >= 0.3 is 0 Å². The van der Waals surface area contributed by atoms with Gasteiger partial charge in [-0.15, -0.1) is 0 Å². The predicted molar refractivity (Wildman–Crippen MR) is 87.5 cm³/mol. The summed E-state index contributed by atoms with van der Waals surface area (Å²) in [6.45, 7) is 3.11. The van der Waals surface area contributed by atoms with Crippen molar-refractivity contribution in [3.8, 4) is 0 Å². The number of rotatable bonds is 3. The number of amides is 1. The Labute approximate surface area is 125 Å². The molecule has 0 atom stereocenters. The summed E-state index contributed by atoms with van der Waals surface area (Å²) in [7, 11) is 1.85. The zero-order valence-electron chi connectivity index (χ0n) is 12.5. The number of nitrogens with zero attached hydrogens (tertiary/aromatic N) is 2. The molecule has 1 heterocycles. The molecule has 3 rings (SSSR count). The van der Waals surface area contributed by atoms with Crippen molar-refractivity contribution in [2.75, 3.05) is 23.4 Å². The fourth-order valence-electron chi connectivity index (χ4n) is 2.84. The van der Waals surface area contributed by atoms with E-state index >= 15 is 0 Å². The molecule has 0 unspecified atom stereocenters. The second kappa shape index (κ2) is 5.60. The first-order valence-corrected chi connectivity index (χ1v) is 7.47. The van der Waals surface area contributed by atoms with Crippen LogP contribution < -0.4 is 9.80 Å². The van der Waals surface area contributed by atoms with Crippen LogP contribution in [-0.2, 0) is 0 Å². The van der Waals surface area contributed by atoms with Crippen LogP contribution in [0.15, 0.2) is 48.5 Å². The number of unbranched alkanes of at least 4 members (excludes halogenated alkanes) is 1. The molecule has 2 aromatic carbocycles. The van der Waals surface area contributed by atoms with Crippen molar-refractivity contribution in [1.82, 2.24) is 0 Å². The minimum Gasteiger partial charge on any atom is -0.339 e. The maximum atomic E-state index is 12.7. The van der Waals surface area contributed by atoms with Gasteiger partial charge in [-0.2, -0.15) is 0 Å². The quantitative estimate of drug-likeness (QED) is 0.840. The van der Waals surface area contributed by atoms with Gasteiger partial charge in [0.2, 0.25) is 0 Å². The zero-order chi connectivity index (χ0) is 14.8. The number of hydrogen-bond donors (Lipinski definition) is 0. The summed E-state index contributed by atoms with van der Waals surface area (Å²) in [6.07, 6.45) is 2.23. The van der Waals surface area contributed by atoms with E-state index in [9.17, 15) is 4.79 Å². The summed E-state index contributed by atoms with van der Waals surface area (Å²) < 4.78 is 0. The van der Waals surface area contributed by atoms with Crippen LogP contribution in [0.1, 0.15) is 30.1 Å². The monoisotopic (exact) mass is 280 g/mol. The topological polar surface area (TPSA) is 23.6 Å². The molecule has 3 nitrogen and oxygen atoms in total. The van der Waals surface area contributed by atoms with Crippen molar-refractivity contribution >= 4 is 23.0 Å². The number of carbonyl (C=O) groups is 1. The Morgan fingerprint density at radius 2 is 1.52 bits per heavy atom. The Morgan fingerprint density at radius 3 is 2.24 bits per heavy atom. The van der Waals surface area contributed by atoms with Crippen LogP contribution >= 0.6 is 0 Å². The van der Waals surface area contributed by atoms with E-state index in [-0.39, 0.29) is 5.91 Å². The molecule has 1 aliphatic rings. The molecule has 0 spiro atoms. The van der Waals surface area contributed by atoms with Gasteiger partial charge in [-0.3, -0.25) is 4.79 Å². The first-order valence-electron chi connectivity index (χ1n) is 7.47. The SMILES string of the molecule is CCCCN1c2ccccc2C(=O)N(C)c2ccccc21. The van der Waals surface area contributed by atoms with E-state index in [1.165, 1.54) is 0 Å². The lowest BCUT2D eigenvalue weighted by Crippen LogP contribution is -2.25.